The Balaban J connectivity index is 1.72. The Kier molecular flexibility index (Phi) is 6.72. The SMILES string of the molecule is CCCCCCOc1ccc(CN2CC[C@@H](C(=O)O)C2)cc1. The average molecular weight is 305 g/mol. The van der Waals surface area contributed by atoms with Crippen LogP contribution in [0.5, 0.6) is 5.75 Å². The van der Waals surface area contributed by atoms with Gasteiger partial charge in [-0.3, -0.25) is 9.69 Å². The molecule has 1 aromatic rings. The average Bonchev–Trinajstić information content (AvgIpc) is 2.97. The summed E-state index contributed by atoms with van der Waals surface area (Å²) in [5, 5.41) is 9.03. The zero-order valence-electron chi connectivity index (χ0n) is 13.5. The van der Waals surface area contributed by atoms with Crippen molar-refractivity contribution in [1.82, 2.24) is 4.90 Å². The molecule has 1 N–H and O–H groups in total. The van der Waals surface area contributed by atoms with Gasteiger partial charge in [0.25, 0.3) is 0 Å². The van der Waals surface area contributed by atoms with Gasteiger partial charge in [0.15, 0.2) is 0 Å². The van der Waals surface area contributed by atoms with Gasteiger partial charge in [-0.2, -0.15) is 0 Å². The molecule has 0 bridgehead atoms. The molecule has 1 heterocycles. The summed E-state index contributed by atoms with van der Waals surface area (Å²) in [6, 6.07) is 8.19. The van der Waals surface area contributed by atoms with Gasteiger partial charge in [0.1, 0.15) is 5.75 Å². The Morgan fingerprint density at radius 2 is 2.05 bits per heavy atom. The van der Waals surface area contributed by atoms with E-state index >= 15 is 0 Å². The lowest BCUT2D eigenvalue weighted by Crippen LogP contribution is -2.22. The fraction of sp³-hybridized carbons (Fsp3) is 0.611. The Labute approximate surface area is 133 Å². The minimum Gasteiger partial charge on any atom is -0.494 e. The third kappa shape index (κ3) is 5.34. The van der Waals surface area contributed by atoms with Gasteiger partial charge in [0.05, 0.1) is 12.5 Å². The first-order valence-corrected chi connectivity index (χ1v) is 8.36. The van der Waals surface area contributed by atoms with E-state index in [9.17, 15) is 4.79 Å². The van der Waals surface area contributed by atoms with Gasteiger partial charge in [0.2, 0.25) is 0 Å². The number of aliphatic carboxylic acids is 1. The van der Waals surface area contributed by atoms with E-state index in [0.29, 0.717) is 6.54 Å². The Bertz CT molecular complexity index is 458. The maximum Gasteiger partial charge on any atom is 0.307 e. The maximum atomic E-state index is 11.0. The second kappa shape index (κ2) is 8.79. The zero-order valence-corrected chi connectivity index (χ0v) is 13.5. The van der Waals surface area contributed by atoms with Gasteiger partial charge in [-0.25, -0.2) is 0 Å². The lowest BCUT2D eigenvalue weighted by atomic mass is 10.1. The van der Waals surface area contributed by atoms with E-state index in [0.717, 1.165) is 38.3 Å². The molecule has 0 unspecified atom stereocenters. The number of benzene rings is 1. The van der Waals surface area contributed by atoms with E-state index < -0.39 is 5.97 Å². The molecule has 0 amide bonds. The van der Waals surface area contributed by atoms with Crippen LogP contribution in [0.2, 0.25) is 0 Å². The van der Waals surface area contributed by atoms with E-state index in [2.05, 4.69) is 24.0 Å². The van der Waals surface area contributed by atoms with Crippen LogP contribution in [0.3, 0.4) is 0 Å². The lowest BCUT2D eigenvalue weighted by molar-refractivity contribution is -0.141. The maximum absolute atomic E-state index is 11.0. The highest BCUT2D eigenvalue weighted by Gasteiger charge is 2.27. The molecule has 0 spiro atoms. The molecule has 1 atom stereocenters. The first-order chi connectivity index (χ1) is 10.7. The molecule has 1 fully saturated rings. The number of hydrogen-bond acceptors (Lipinski definition) is 3. The minimum absolute atomic E-state index is 0.203. The molecule has 2 rings (SSSR count). The second-order valence-electron chi connectivity index (χ2n) is 6.11. The number of likely N-dealkylation sites (tertiary alicyclic amines) is 1. The Morgan fingerprint density at radius 1 is 1.27 bits per heavy atom. The number of rotatable bonds is 9. The Hall–Kier alpha value is -1.55. The summed E-state index contributed by atoms with van der Waals surface area (Å²) < 4.78 is 5.73. The third-order valence-electron chi connectivity index (χ3n) is 4.22. The van der Waals surface area contributed by atoms with Crippen LogP contribution in [0.25, 0.3) is 0 Å². The second-order valence-corrected chi connectivity index (χ2v) is 6.11. The van der Waals surface area contributed by atoms with E-state index in [1.165, 1.54) is 24.8 Å². The summed E-state index contributed by atoms with van der Waals surface area (Å²) in [4.78, 5) is 13.2. The van der Waals surface area contributed by atoms with Crippen LogP contribution in [0.4, 0.5) is 0 Å². The van der Waals surface area contributed by atoms with Crippen molar-refractivity contribution in [2.75, 3.05) is 19.7 Å². The summed E-state index contributed by atoms with van der Waals surface area (Å²) >= 11 is 0. The van der Waals surface area contributed by atoms with Gasteiger partial charge in [0, 0.05) is 13.1 Å². The lowest BCUT2D eigenvalue weighted by Gasteiger charge is -2.15. The standard InChI is InChI=1S/C18H27NO3/c1-2-3-4-5-12-22-17-8-6-15(7-9-17)13-19-11-10-16(14-19)18(20)21/h6-9,16H,2-5,10-14H2,1H3,(H,20,21)/t16-/m1/s1. The smallest absolute Gasteiger partial charge is 0.307 e. The van der Waals surface area contributed by atoms with Crippen molar-refractivity contribution in [3.63, 3.8) is 0 Å². The molecular formula is C18H27NO3. The molecular weight excluding hydrogens is 278 g/mol. The molecule has 0 radical (unpaired) electrons. The van der Waals surface area contributed by atoms with E-state index in [1.807, 2.05) is 12.1 Å². The van der Waals surface area contributed by atoms with Gasteiger partial charge < -0.3 is 9.84 Å². The van der Waals surface area contributed by atoms with Crippen LogP contribution in [-0.4, -0.2) is 35.7 Å². The molecule has 4 heteroatoms. The molecule has 4 nitrogen and oxygen atoms in total. The van der Waals surface area contributed by atoms with Gasteiger partial charge in [-0.15, -0.1) is 0 Å². The minimum atomic E-state index is -0.672. The number of unbranched alkanes of at least 4 members (excludes halogenated alkanes) is 3. The molecule has 1 aromatic carbocycles. The Morgan fingerprint density at radius 3 is 2.68 bits per heavy atom. The zero-order chi connectivity index (χ0) is 15.8. The van der Waals surface area contributed by atoms with Crippen molar-refractivity contribution in [2.45, 2.75) is 45.6 Å². The van der Waals surface area contributed by atoms with Gasteiger partial charge in [-0.05, 0) is 37.1 Å². The monoisotopic (exact) mass is 305 g/mol. The number of carboxylic acid groups (broad SMARTS) is 1. The van der Waals surface area contributed by atoms with Crippen LogP contribution in [0.1, 0.15) is 44.6 Å². The van der Waals surface area contributed by atoms with Crippen molar-refractivity contribution in [2.24, 2.45) is 5.92 Å². The van der Waals surface area contributed by atoms with Crippen molar-refractivity contribution in [1.29, 1.82) is 0 Å². The summed E-state index contributed by atoms with van der Waals surface area (Å²) in [6.07, 6.45) is 5.62. The molecule has 0 aromatic heterocycles. The van der Waals surface area contributed by atoms with Crippen LogP contribution < -0.4 is 4.74 Å². The quantitative estimate of drug-likeness (QED) is 0.709. The van der Waals surface area contributed by atoms with E-state index in [-0.39, 0.29) is 5.92 Å². The molecule has 22 heavy (non-hydrogen) atoms. The van der Waals surface area contributed by atoms with Crippen molar-refractivity contribution in [3.8, 4) is 5.75 Å². The predicted molar refractivity (Wildman–Crippen MR) is 87.1 cm³/mol. The fourth-order valence-corrected chi connectivity index (χ4v) is 2.85. The highest BCUT2D eigenvalue weighted by molar-refractivity contribution is 5.70. The summed E-state index contributed by atoms with van der Waals surface area (Å²) in [7, 11) is 0. The first-order valence-electron chi connectivity index (χ1n) is 8.36. The summed E-state index contributed by atoms with van der Waals surface area (Å²) in [5.41, 5.74) is 1.21. The summed E-state index contributed by atoms with van der Waals surface area (Å²) in [6.45, 7) is 5.34. The highest BCUT2D eigenvalue weighted by atomic mass is 16.5. The number of nitrogens with zero attached hydrogens (tertiary/aromatic N) is 1. The normalized spacial score (nSPS) is 18.5. The molecule has 1 aliphatic rings. The number of carboxylic acids is 1. The summed E-state index contributed by atoms with van der Waals surface area (Å²) in [5.74, 6) is 0.0464. The first kappa shape index (κ1) is 16.8. The van der Waals surface area contributed by atoms with Gasteiger partial charge >= 0.3 is 5.97 Å². The molecule has 122 valence electrons. The van der Waals surface area contributed by atoms with E-state index in [4.69, 9.17) is 9.84 Å². The van der Waals surface area contributed by atoms with Crippen molar-refractivity contribution < 1.29 is 14.6 Å². The number of carbonyl (C=O) groups is 1. The van der Waals surface area contributed by atoms with Crippen LogP contribution in [0, 0.1) is 5.92 Å². The number of ether oxygens (including phenoxy) is 1. The molecule has 1 aliphatic heterocycles. The molecule has 0 saturated carbocycles. The van der Waals surface area contributed by atoms with Gasteiger partial charge in [-0.1, -0.05) is 38.3 Å². The fourth-order valence-electron chi connectivity index (χ4n) is 2.85. The largest absolute Gasteiger partial charge is 0.494 e. The van der Waals surface area contributed by atoms with Crippen LogP contribution >= 0.6 is 0 Å². The van der Waals surface area contributed by atoms with Crippen molar-refractivity contribution >= 4 is 5.97 Å². The third-order valence-corrected chi connectivity index (χ3v) is 4.22. The van der Waals surface area contributed by atoms with Crippen molar-refractivity contribution in [3.05, 3.63) is 29.8 Å². The van der Waals surface area contributed by atoms with Crippen LogP contribution in [0.15, 0.2) is 24.3 Å². The topological polar surface area (TPSA) is 49.8 Å². The van der Waals surface area contributed by atoms with Crippen LogP contribution in [-0.2, 0) is 11.3 Å². The highest BCUT2D eigenvalue weighted by Crippen LogP contribution is 2.20. The molecule has 1 saturated heterocycles. The van der Waals surface area contributed by atoms with E-state index in [1.54, 1.807) is 0 Å². The molecule has 0 aliphatic carbocycles. The number of hydrogen-bond donors (Lipinski definition) is 1. The predicted octanol–water partition coefficient (Wildman–Crippen LogP) is 3.55.